The van der Waals surface area contributed by atoms with Crippen molar-refractivity contribution in [3.05, 3.63) is 35.7 Å². The number of amides is 1. The Morgan fingerprint density at radius 1 is 1.03 bits per heavy atom. The molecule has 1 N–H and O–H groups in total. The molecule has 0 bridgehead atoms. The van der Waals surface area contributed by atoms with Gasteiger partial charge in [-0.3, -0.25) is 9.69 Å². The van der Waals surface area contributed by atoms with E-state index in [1.165, 1.54) is 5.56 Å². The van der Waals surface area contributed by atoms with E-state index in [4.69, 9.17) is 4.52 Å². The number of piperazine rings is 2. The third-order valence-electron chi connectivity index (χ3n) is 5.71. The molecular formula is C21H30N6O2. The van der Waals surface area contributed by atoms with Gasteiger partial charge in [-0.25, -0.2) is 0 Å². The van der Waals surface area contributed by atoms with E-state index in [2.05, 4.69) is 44.3 Å². The molecule has 2 aromatic rings. The summed E-state index contributed by atoms with van der Waals surface area (Å²) >= 11 is 0. The number of nitrogens with one attached hydrogen (secondary N) is 1. The molecule has 29 heavy (non-hydrogen) atoms. The summed E-state index contributed by atoms with van der Waals surface area (Å²) in [6, 6.07) is 8.14. The van der Waals surface area contributed by atoms with E-state index >= 15 is 0 Å². The Morgan fingerprint density at radius 2 is 1.72 bits per heavy atom. The fourth-order valence-electron chi connectivity index (χ4n) is 3.83. The standard InChI is InChI=1S/C21H30N6O2/c1-17-2-4-18(5-3-17)21-23-19(29-24-21)16-26-14-12-25(13-15-26)9-6-20(28)27-10-7-22-8-11-27/h2-5,22H,6-16H2,1H3. The second-order valence-corrected chi connectivity index (χ2v) is 7.88. The van der Waals surface area contributed by atoms with E-state index in [1.807, 2.05) is 17.0 Å². The van der Waals surface area contributed by atoms with Crippen LogP contribution in [-0.4, -0.2) is 89.7 Å². The second-order valence-electron chi connectivity index (χ2n) is 7.88. The highest BCUT2D eigenvalue weighted by atomic mass is 16.5. The van der Waals surface area contributed by atoms with Gasteiger partial charge in [-0.2, -0.15) is 4.98 Å². The Labute approximate surface area is 171 Å². The number of aryl methyl sites for hydroxylation is 1. The number of nitrogens with zero attached hydrogens (tertiary/aromatic N) is 5. The molecule has 0 aliphatic carbocycles. The van der Waals surface area contributed by atoms with Crippen LogP contribution >= 0.6 is 0 Å². The first kappa shape index (κ1) is 20.0. The lowest BCUT2D eigenvalue weighted by atomic mass is 10.1. The molecule has 0 spiro atoms. The molecule has 3 heterocycles. The topological polar surface area (TPSA) is 77.7 Å². The van der Waals surface area contributed by atoms with Gasteiger partial charge in [0.1, 0.15) is 0 Å². The Hall–Kier alpha value is -2.29. The van der Waals surface area contributed by atoms with Crippen LogP contribution in [0.2, 0.25) is 0 Å². The Morgan fingerprint density at radius 3 is 2.45 bits per heavy atom. The zero-order chi connectivity index (χ0) is 20.1. The van der Waals surface area contributed by atoms with Crippen LogP contribution in [0.3, 0.4) is 0 Å². The van der Waals surface area contributed by atoms with Gasteiger partial charge in [-0.05, 0) is 6.92 Å². The molecule has 156 valence electrons. The third kappa shape index (κ3) is 5.41. The summed E-state index contributed by atoms with van der Waals surface area (Å²) in [4.78, 5) is 23.6. The van der Waals surface area contributed by atoms with Crippen molar-refractivity contribution < 1.29 is 9.32 Å². The van der Waals surface area contributed by atoms with Crippen molar-refractivity contribution in [2.75, 3.05) is 58.9 Å². The Bertz CT molecular complexity index is 792. The predicted octanol–water partition coefficient (Wildman–Crippen LogP) is 0.985. The molecule has 0 atom stereocenters. The summed E-state index contributed by atoms with van der Waals surface area (Å²) in [5.74, 6) is 1.58. The van der Waals surface area contributed by atoms with Crippen molar-refractivity contribution in [1.82, 2.24) is 30.2 Å². The van der Waals surface area contributed by atoms with Gasteiger partial charge in [0.15, 0.2) is 0 Å². The van der Waals surface area contributed by atoms with Crippen molar-refractivity contribution >= 4 is 5.91 Å². The average Bonchev–Trinajstić information content (AvgIpc) is 3.22. The first-order chi connectivity index (χ1) is 14.2. The van der Waals surface area contributed by atoms with E-state index < -0.39 is 0 Å². The Balaban J connectivity index is 1.20. The van der Waals surface area contributed by atoms with Crippen LogP contribution in [-0.2, 0) is 11.3 Å². The third-order valence-corrected chi connectivity index (χ3v) is 5.71. The Kier molecular flexibility index (Phi) is 6.53. The minimum absolute atomic E-state index is 0.281. The van der Waals surface area contributed by atoms with Crippen molar-refractivity contribution in [3.63, 3.8) is 0 Å². The number of rotatable bonds is 6. The summed E-state index contributed by atoms with van der Waals surface area (Å²) in [7, 11) is 0. The minimum Gasteiger partial charge on any atom is -0.340 e. The number of carbonyl (C=O) groups is 1. The normalized spacial score (nSPS) is 18.9. The zero-order valence-corrected chi connectivity index (χ0v) is 17.1. The van der Waals surface area contributed by atoms with E-state index in [-0.39, 0.29) is 5.91 Å². The van der Waals surface area contributed by atoms with Gasteiger partial charge in [-0.1, -0.05) is 35.0 Å². The molecule has 8 heteroatoms. The van der Waals surface area contributed by atoms with Gasteiger partial charge in [-0.15, -0.1) is 0 Å². The van der Waals surface area contributed by atoms with E-state index in [9.17, 15) is 4.79 Å². The maximum absolute atomic E-state index is 12.3. The van der Waals surface area contributed by atoms with E-state index in [0.29, 0.717) is 24.7 Å². The number of carbonyl (C=O) groups excluding carboxylic acids is 1. The van der Waals surface area contributed by atoms with Gasteiger partial charge in [0.25, 0.3) is 0 Å². The molecule has 0 radical (unpaired) electrons. The lowest BCUT2D eigenvalue weighted by Gasteiger charge is -2.34. The number of benzene rings is 1. The zero-order valence-electron chi connectivity index (χ0n) is 17.1. The van der Waals surface area contributed by atoms with Crippen LogP contribution in [0.25, 0.3) is 11.4 Å². The number of hydrogen-bond acceptors (Lipinski definition) is 7. The van der Waals surface area contributed by atoms with E-state index in [0.717, 1.165) is 64.5 Å². The van der Waals surface area contributed by atoms with Crippen LogP contribution in [0, 0.1) is 6.92 Å². The van der Waals surface area contributed by atoms with Crippen LogP contribution in [0.4, 0.5) is 0 Å². The average molecular weight is 399 g/mol. The predicted molar refractivity (Wildman–Crippen MR) is 110 cm³/mol. The second kappa shape index (κ2) is 9.47. The molecule has 2 fully saturated rings. The SMILES string of the molecule is Cc1ccc(-c2noc(CN3CCN(CCC(=O)N4CCNCC4)CC3)n2)cc1. The van der Waals surface area contributed by atoms with Crippen LogP contribution in [0.5, 0.6) is 0 Å². The number of hydrogen-bond donors (Lipinski definition) is 1. The molecule has 2 saturated heterocycles. The highest BCUT2D eigenvalue weighted by Crippen LogP contribution is 2.17. The van der Waals surface area contributed by atoms with Crippen molar-refractivity contribution in [2.24, 2.45) is 0 Å². The maximum atomic E-state index is 12.3. The van der Waals surface area contributed by atoms with Crippen LogP contribution < -0.4 is 5.32 Å². The molecule has 0 saturated carbocycles. The summed E-state index contributed by atoms with van der Waals surface area (Å²) in [6.45, 7) is 10.9. The fraction of sp³-hybridized carbons (Fsp3) is 0.571. The van der Waals surface area contributed by atoms with Gasteiger partial charge in [0.2, 0.25) is 17.6 Å². The molecule has 1 aromatic carbocycles. The van der Waals surface area contributed by atoms with Crippen molar-refractivity contribution in [2.45, 2.75) is 19.9 Å². The van der Waals surface area contributed by atoms with E-state index in [1.54, 1.807) is 0 Å². The summed E-state index contributed by atoms with van der Waals surface area (Å²) in [5.41, 5.74) is 2.19. The first-order valence-corrected chi connectivity index (χ1v) is 10.5. The molecular weight excluding hydrogens is 368 g/mol. The highest BCUT2D eigenvalue weighted by Gasteiger charge is 2.21. The largest absolute Gasteiger partial charge is 0.340 e. The first-order valence-electron chi connectivity index (χ1n) is 10.5. The van der Waals surface area contributed by atoms with Gasteiger partial charge >= 0.3 is 0 Å². The summed E-state index contributed by atoms with van der Waals surface area (Å²) < 4.78 is 5.45. The molecule has 1 aromatic heterocycles. The molecule has 8 nitrogen and oxygen atoms in total. The van der Waals surface area contributed by atoms with Crippen LogP contribution in [0.1, 0.15) is 17.9 Å². The minimum atomic E-state index is 0.281. The monoisotopic (exact) mass is 398 g/mol. The number of aromatic nitrogens is 2. The van der Waals surface area contributed by atoms with Crippen molar-refractivity contribution in [3.8, 4) is 11.4 Å². The van der Waals surface area contributed by atoms with Gasteiger partial charge in [0, 0.05) is 70.9 Å². The van der Waals surface area contributed by atoms with Crippen molar-refractivity contribution in [1.29, 1.82) is 0 Å². The summed E-state index contributed by atoms with van der Waals surface area (Å²) in [6.07, 6.45) is 0.615. The molecule has 0 unspecified atom stereocenters. The fourth-order valence-corrected chi connectivity index (χ4v) is 3.83. The van der Waals surface area contributed by atoms with Crippen LogP contribution in [0.15, 0.2) is 28.8 Å². The van der Waals surface area contributed by atoms with Gasteiger partial charge < -0.3 is 19.6 Å². The summed E-state index contributed by atoms with van der Waals surface area (Å²) in [5, 5.41) is 7.41. The lowest BCUT2D eigenvalue weighted by molar-refractivity contribution is -0.132. The maximum Gasteiger partial charge on any atom is 0.241 e. The molecule has 4 rings (SSSR count). The highest BCUT2D eigenvalue weighted by molar-refractivity contribution is 5.76. The van der Waals surface area contributed by atoms with Gasteiger partial charge in [0.05, 0.1) is 6.54 Å². The quantitative estimate of drug-likeness (QED) is 0.777. The molecule has 2 aliphatic heterocycles. The smallest absolute Gasteiger partial charge is 0.241 e. The lowest BCUT2D eigenvalue weighted by Crippen LogP contribution is -2.49. The molecule has 2 aliphatic rings. The molecule has 1 amide bonds.